The Labute approximate surface area is 223 Å². The minimum Gasteiger partial charge on any atom is -0.384 e. The highest BCUT2D eigenvalue weighted by Gasteiger charge is 2.44. The highest BCUT2D eigenvalue weighted by Crippen LogP contribution is 2.51. The van der Waals surface area contributed by atoms with Gasteiger partial charge in [0.15, 0.2) is 5.78 Å². The van der Waals surface area contributed by atoms with Crippen molar-refractivity contribution in [2.45, 2.75) is 24.7 Å². The van der Waals surface area contributed by atoms with Crippen LogP contribution in [0.4, 0.5) is 11.4 Å². The largest absolute Gasteiger partial charge is 0.384 e. The number of allylic oxidation sites excluding steroid dienone is 3. The summed E-state index contributed by atoms with van der Waals surface area (Å²) in [6, 6.07) is 22.9. The van der Waals surface area contributed by atoms with Gasteiger partial charge in [0.1, 0.15) is 5.82 Å². The van der Waals surface area contributed by atoms with Gasteiger partial charge in [-0.25, -0.2) is 0 Å². The molecule has 0 unspecified atom stereocenters. The lowest BCUT2D eigenvalue weighted by Crippen LogP contribution is -2.40. The van der Waals surface area contributed by atoms with Gasteiger partial charge in [0, 0.05) is 34.8 Å². The van der Waals surface area contributed by atoms with E-state index in [4.69, 9.17) is 28.9 Å². The van der Waals surface area contributed by atoms with E-state index >= 15 is 0 Å². The van der Waals surface area contributed by atoms with Crippen LogP contribution in [-0.2, 0) is 4.79 Å². The number of nitro groups is 1. The smallest absolute Gasteiger partial charge is 0.271 e. The van der Waals surface area contributed by atoms with Crippen LogP contribution in [0.25, 0.3) is 0 Å². The zero-order valence-electron chi connectivity index (χ0n) is 19.4. The Morgan fingerprint density at radius 2 is 1.70 bits per heavy atom. The van der Waals surface area contributed by atoms with E-state index in [1.165, 1.54) is 23.1 Å². The first-order valence-corrected chi connectivity index (χ1v) is 12.3. The summed E-state index contributed by atoms with van der Waals surface area (Å²) in [5.41, 5.74) is 9.32. The number of rotatable bonds is 4. The molecule has 2 N–H and O–H groups in total. The molecule has 3 aromatic rings. The van der Waals surface area contributed by atoms with Crippen LogP contribution in [0.5, 0.6) is 0 Å². The fraction of sp³-hybridized carbons (Fsp3) is 0.143. The summed E-state index contributed by atoms with van der Waals surface area (Å²) in [7, 11) is 0. The molecule has 1 heterocycles. The Balaban J connectivity index is 1.78. The molecular formula is C28H20Cl2N4O3. The third-order valence-corrected chi connectivity index (χ3v) is 7.50. The van der Waals surface area contributed by atoms with Crippen LogP contribution in [0.15, 0.2) is 95.5 Å². The van der Waals surface area contributed by atoms with Crippen LogP contribution in [0.1, 0.15) is 35.8 Å². The third-order valence-electron chi connectivity index (χ3n) is 6.84. The number of carbonyl (C=O) groups excluding carboxylic acids is 1. The van der Waals surface area contributed by atoms with E-state index in [0.29, 0.717) is 28.3 Å². The Morgan fingerprint density at radius 3 is 2.38 bits per heavy atom. The lowest BCUT2D eigenvalue weighted by Gasteiger charge is -2.42. The first-order chi connectivity index (χ1) is 17.8. The molecule has 0 saturated heterocycles. The minimum absolute atomic E-state index is 0.0510. The van der Waals surface area contributed by atoms with Gasteiger partial charge in [-0.05, 0) is 35.6 Å². The van der Waals surface area contributed by atoms with Gasteiger partial charge in [-0.3, -0.25) is 19.8 Å². The summed E-state index contributed by atoms with van der Waals surface area (Å²) in [4.78, 5) is 26.4. The zero-order valence-corrected chi connectivity index (χ0v) is 20.9. The monoisotopic (exact) mass is 530 g/mol. The molecule has 0 saturated carbocycles. The Hall–Kier alpha value is -4.12. The number of Topliss-reactive ketones (excluding diaryl/α,β-unsaturated/α-hetero) is 1. The van der Waals surface area contributed by atoms with Gasteiger partial charge in [0.05, 0.1) is 33.2 Å². The van der Waals surface area contributed by atoms with Crippen molar-refractivity contribution >= 4 is 40.4 Å². The summed E-state index contributed by atoms with van der Waals surface area (Å²) in [5.74, 6) is -1.02. The van der Waals surface area contributed by atoms with Crippen LogP contribution in [0.2, 0.25) is 10.0 Å². The molecule has 0 radical (unpaired) electrons. The van der Waals surface area contributed by atoms with Gasteiger partial charge >= 0.3 is 0 Å². The molecule has 5 rings (SSSR count). The van der Waals surface area contributed by atoms with Crippen molar-refractivity contribution in [1.29, 1.82) is 5.26 Å². The Bertz CT molecular complexity index is 1540. The van der Waals surface area contributed by atoms with Gasteiger partial charge in [-0.2, -0.15) is 5.26 Å². The molecule has 2 aliphatic rings. The highest BCUT2D eigenvalue weighted by atomic mass is 35.5. The van der Waals surface area contributed by atoms with E-state index in [0.717, 1.165) is 5.56 Å². The van der Waals surface area contributed by atoms with Gasteiger partial charge in [0.25, 0.3) is 5.69 Å². The summed E-state index contributed by atoms with van der Waals surface area (Å²) in [5, 5.41) is 22.4. The van der Waals surface area contributed by atoms with E-state index in [1.54, 1.807) is 24.3 Å². The molecular weight excluding hydrogens is 511 g/mol. The summed E-state index contributed by atoms with van der Waals surface area (Å²) >= 11 is 13.1. The summed E-state index contributed by atoms with van der Waals surface area (Å²) in [6.07, 6.45) is 0.642. The fourth-order valence-corrected chi connectivity index (χ4v) is 5.62. The maximum absolute atomic E-state index is 13.9. The van der Waals surface area contributed by atoms with Crippen LogP contribution in [-0.4, -0.2) is 10.7 Å². The van der Waals surface area contributed by atoms with Crippen molar-refractivity contribution in [3.05, 3.63) is 127 Å². The second-order valence-corrected chi connectivity index (χ2v) is 9.71. The van der Waals surface area contributed by atoms with Gasteiger partial charge in [-0.1, -0.05) is 71.7 Å². The second-order valence-electron chi connectivity index (χ2n) is 8.89. The highest BCUT2D eigenvalue weighted by molar-refractivity contribution is 6.33. The number of benzene rings is 3. The summed E-state index contributed by atoms with van der Waals surface area (Å²) in [6.45, 7) is 0. The molecule has 1 aliphatic carbocycles. The van der Waals surface area contributed by atoms with E-state index in [9.17, 15) is 20.2 Å². The molecule has 37 heavy (non-hydrogen) atoms. The molecule has 2 atom stereocenters. The molecule has 0 spiro atoms. The predicted octanol–water partition coefficient (Wildman–Crippen LogP) is 6.60. The van der Waals surface area contributed by atoms with E-state index < -0.39 is 10.8 Å². The molecule has 9 heteroatoms. The molecule has 1 aliphatic heterocycles. The van der Waals surface area contributed by atoms with Crippen LogP contribution < -0.4 is 10.6 Å². The van der Waals surface area contributed by atoms with Crippen LogP contribution >= 0.6 is 23.2 Å². The minimum atomic E-state index is -0.772. The normalized spacial score (nSPS) is 19.5. The first-order valence-electron chi connectivity index (χ1n) is 11.5. The standard InChI is InChI=1S/C28H20Cl2N4O3/c29-21-9-5-4-8-19(21)26-20(15-31)28(32)33(23-14-18(34(36)37)10-11-22(23)30)24-12-17(13-25(35)27(24)26)16-6-2-1-3-7-16/h1-11,14,17,26H,12-13,32H2/t17-,26+/m1/s1. The second kappa shape index (κ2) is 9.74. The molecule has 0 fully saturated rings. The van der Waals surface area contributed by atoms with Crippen molar-refractivity contribution in [3.8, 4) is 6.07 Å². The Morgan fingerprint density at radius 1 is 1.00 bits per heavy atom. The van der Waals surface area contributed by atoms with E-state index in [1.807, 2.05) is 30.3 Å². The molecule has 3 aromatic carbocycles. The van der Waals surface area contributed by atoms with Gasteiger partial charge < -0.3 is 5.73 Å². The number of ketones is 1. The quantitative estimate of drug-likeness (QED) is 0.300. The van der Waals surface area contributed by atoms with Gasteiger partial charge in [-0.15, -0.1) is 0 Å². The number of non-ortho nitro benzene ring substituents is 1. The number of carbonyl (C=O) groups is 1. The topological polar surface area (TPSA) is 113 Å². The number of nitrogens with two attached hydrogens (primary N) is 1. The number of anilines is 1. The Kier molecular flexibility index (Phi) is 6.46. The van der Waals surface area contributed by atoms with Crippen LogP contribution in [0.3, 0.4) is 0 Å². The van der Waals surface area contributed by atoms with Crippen molar-refractivity contribution in [1.82, 2.24) is 0 Å². The predicted molar refractivity (Wildman–Crippen MR) is 142 cm³/mol. The van der Waals surface area contributed by atoms with E-state index in [2.05, 4.69) is 6.07 Å². The third kappa shape index (κ3) is 4.25. The number of hydrogen-bond acceptors (Lipinski definition) is 6. The maximum atomic E-state index is 13.9. The lowest BCUT2D eigenvalue weighted by atomic mass is 9.72. The lowest BCUT2D eigenvalue weighted by molar-refractivity contribution is -0.384. The molecule has 7 nitrogen and oxygen atoms in total. The van der Waals surface area contributed by atoms with Crippen molar-refractivity contribution < 1.29 is 9.72 Å². The number of hydrogen-bond donors (Lipinski definition) is 1. The number of halogens is 2. The number of nitro benzene ring substituents is 1. The average molecular weight is 531 g/mol. The SMILES string of the molecule is N#CC1=C(N)N(c2cc([N+](=O)[O-])ccc2Cl)C2=C(C(=O)C[C@H](c3ccccc3)C2)[C@H]1c1ccccc1Cl. The molecule has 184 valence electrons. The molecule has 0 amide bonds. The van der Waals surface area contributed by atoms with Crippen molar-refractivity contribution in [3.63, 3.8) is 0 Å². The van der Waals surface area contributed by atoms with Crippen molar-refractivity contribution in [2.75, 3.05) is 4.90 Å². The number of nitriles is 1. The zero-order chi connectivity index (χ0) is 26.3. The summed E-state index contributed by atoms with van der Waals surface area (Å²) < 4.78 is 0. The van der Waals surface area contributed by atoms with Gasteiger partial charge in [0.2, 0.25) is 0 Å². The molecule has 0 aromatic heterocycles. The van der Waals surface area contributed by atoms with Crippen LogP contribution in [0, 0.1) is 21.4 Å². The van der Waals surface area contributed by atoms with E-state index in [-0.39, 0.29) is 45.9 Å². The van der Waals surface area contributed by atoms with Crippen molar-refractivity contribution in [2.24, 2.45) is 5.73 Å². The number of nitrogens with zero attached hydrogens (tertiary/aromatic N) is 3. The first kappa shape index (κ1) is 24.6. The maximum Gasteiger partial charge on any atom is 0.271 e. The molecule has 0 bridgehead atoms. The average Bonchev–Trinajstić information content (AvgIpc) is 2.89. The fourth-order valence-electron chi connectivity index (χ4n) is 5.17.